The lowest BCUT2D eigenvalue weighted by molar-refractivity contribution is 0.0558. The van der Waals surface area contributed by atoms with Crippen molar-refractivity contribution in [3.63, 3.8) is 0 Å². The number of hydrogen-bond acceptors (Lipinski definition) is 4. The highest BCUT2D eigenvalue weighted by molar-refractivity contribution is 7.80. The summed E-state index contributed by atoms with van der Waals surface area (Å²) in [6, 6.07) is 0.935. The Kier molecular flexibility index (Phi) is 15.7. The van der Waals surface area contributed by atoms with Crippen LogP contribution in [0.15, 0.2) is 0 Å². The summed E-state index contributed by atoms with van der Waals surface area (Å²) in [6.45, 7) is 8.85. The second-order valence-corrected chi connectivity index (χ2v) is 8.65. The maximum atomic E-state index is 6.18. The maximum absolute atomic E-state index is 6.18. The Bertz CT molecular complexity index is 172. The fraction of sp³-hybridized carbons (Fsp3) is 1.00. The van der Waals surface area contributed by atoms with Gasteiger partial charge in [0.1, 0.15) is 0 Å². The average Bonchev–Trinajstić information content (AvgIpc) is 2.48. The number of unbranched alkanes of at least 4 members (excludes halogenated alkanes) is 4. The molecule has 0 aromatic carbocycles. The van der Waals surface area contributed by atoms with Crippen molar-refractivity contribution in [3.8, 4) is 0 Å². The van der Waals surface area contributed by atoms with Crippen molar-refractivity contribution in [3.05, 3.63) is 0 Å². The van der Waals surface area contributed by atoms with E-state index in [4.69, 9.17) is 13.3 Å². The highest BCUT2D eigenvalue weighted by atomic mass is 32.1. The molecule has 0 amide bonds. The van der Waals surface area contributed by atoms with Crippen molar-refractivity contribution in [1.29, 1.82) is 0 Å². The Morgan fingerprint density at radius 1 is 0.667 bits per heavy atom. The Morgan fingerprint density at radius 3 is 1.43 bits per heavy atom. The molecule has 0 aliphatic carbocycles. The van der Waals surface area contributed by atoms with E-state index in [1.54, 1.807) is 0 Å². The normalized spacial score (nSPS) is 12.0. The van der Waals surface area contributed by atoms with E-state index in [0.717, 1.165) is 83.0 Å². The van der Waals surface area contributed by atoms with E-state index < -0.39 is 8.80 Å². The van der Waals surface area contributed by atoms with Gasteiger partial charge in [-0.05, 0) is 37.9 Å². The lowest BCUT2D eigenvalue weighted by atomic mass is 10.4. The van der Waals surface area contributed by atoms with Gasteiger partial charge in [-0.2, -0.15) is 12.6 Å². The van der Waals surface area contributed by atoms with Crippen LogP contribution in [0.3, 0.4) is 0 Å². The Balaban J connectivity index is 4.52. The number of hydrogen-bond donors (Lipinski definition) is 1. The predicted octanol–water partition coefficient (Wildman–Crippen LogP) is 5.09. The van der Waals surface area contributed by atoms with Gasteiger partial charge in [0.15, 0.2) is 0 Å². The van der Waals surface area contributed by atoms with Gasteiger partial charge in [-0.15, -0.1) is 0 Å². The monoisotopic (exact) mass is 336 g/mol. The quantitative estimate of drug-likeness (QED) is 0.242. The van der Waals surface area contributed by atoms with Crippen LogP contribution in [-0.4, -0.2) is 34.4 Å². The molecule has 0 bridgehead atoms. The van der Waals surface area contributed by atoms with Gasteiger partial charge >= 0.3 is 8.80 Å². The van der Waals surface area contributed by atoms with E-state index in [9.17, 15) is 0 Å². The Hall–Kier alpha value is 0.447. The van der Waals surface area contributed by atoms with Crippen LogP contribution in [0.1, 0.15) is 72.1 Å². The molecule has 21 heavy (non-hydrogen) atoms. The zero-order valence-corrected chi connectivity index (χ0v) is 16.3. The smallest absolute Gasteiger partial charge is 0.373 e. The van der Waals surface area contributed by atoms with Gasteiger partial charge in [-0.3, -0.25) is 0 Å². The largest absolute Gasteiger partial charge is 0.500 e. The fourth-order valence-corrected chi connectivity index (χ4v) is 4.87. The molecule has 0 spiro atoms. The van der Waals surface area contributed by atoms with Crippen molar-refractivity contribution >= 4 is 21.4 Å². The summed E-state index contributed by atoms with van der Waals surface area (Å²) < 4.78 is 18.5. The summed E-state index contributed by atoms with van der Waals surface area (Å²) in [6.07, 6.45) is 8.85. The zero-order chi connectivity index (χ0) is 15.8. The molecule has 0 aromatic heterocycles. The summed E-state index contributed by atoms with van der Waals surface area (Å²) in [7, 11) is -2.48. The molecule has 0 aliphatic heterocycles. The number of thiol groups is 1. The molecule has 5 heteroatoms. The molecular formula is C16H36O3SSi. The first-order valence-corrected chi connectivity index (χ1v) is 11.3. The first kappa shape index (κ1) is 21.4. The van der Waals surface area contributed by atoms with Crippen molar-refractivity contribution < 1.29 is 13.3 Å². The molecule has 0 N–H and O–H groups in total. The summed E-state index contributed by atoms with van der Waals surface area (Å²) in [4.78, 5) is 0. The third kappa shape index (κ3) is 11.6. The molecule has 0 rings (SSSR count). The van der Waals surface area contributed by atoms with Crippen molar-refractivity contribution in [2.75, 3.05) is 25.6 Å². The average molecular weight is 337 g/mol. The molecule has 0 radical (unpaired) electrons. The molecule has 0 fully saturated rings. The molecule has 0 saturated carbocycles. The predicted molar refractivity (Wildman–Crippen MR) is 96.2 cm³/mol. The molecule has 0 unspecified atom stereocenters. The molecule has 0 atom stereocenters. The zero-order valence-electron chi connectivity index (χ0n) is 14.4. The van der Waals surface area contributed by atoms with Crippen LogP contribution in [0.25, 0.3) is 0 Å². The van der Waals surface area contributed by atoms with Crippen molar-refractivity contribution in [2.45, 2.75) is 78.2 Å². The van der Waals surface area contributed by atoms with Gasteiger partial charge in [0.05, 0.1) is 0 Å². The summed E-state index contributed by atoms with van der Waals surface area (Å²) in [5.41, 5.74) is 0. The standard InChI is InChI=1S/C16H36O3SSi/c1-4-7-12-17-21(16-11-10-15-20,18-13-8-5-2)19-14-9-6-3/h20H,4-16H2,1-3H3. The maximum Gasteiger partial charge on any atom is 0.500 e. The van der Waals surface area contributed by atoms with Gasteiger partial charge in [0.25, 0.3) is 0 Å². The molecule has 3 nitrogen and oxygen atoms in total. The summed E-state index contributed by atoms with van der Waals surface area (Å²) in [5.74, 6) is 0.920. The Morgan fingerprint density at radius 2 is 1.10 bits per heavy atom. The van der Waals surface area contributed by atoms with Crippen LogP contribution in [0, 0.1) is 0 Å². The van der Waals surface area contributed by atoms with Crippen molar-refractivity contribution in [1.82, 2.24) is 0 Å². The summed E-state index contributed by atoms with van der Waals surface area (Å²) >= 11 is 4.30. The highest BCUT2D eigenvalue weighted by Crippen LogP contribution is 2.21. The van der Waals surface area contributed by atoms with E-state index in [1.165, 1.54) is 0 Å². The lowest BCUT2D eigenvalue weighted by Gasteiger charge is -2.30. The first-order valence-electron chi connectivity index (χ1n) is 8.77. The molecule has 0 heterocycles. The van der Waals surface area contributed by atoms with Gasteiger partial charge in [-0.25, -0.2) is 0 Å². The fourth-order valence-electron chi connectivity index (χ4n) is 1.91. The van der Waals surface area contributed by atoms with E-state index in [1.807, 2.05) is 0 Å². The Labute approximate surface area is 138 Å². The number of rotatable bonds is 16. The van der Waals surface area contributed by atoms with E-state index in [0.29, 0.717) is 0 Å². The highest BCUT2D eigenvalue weighted by Gasteiger charge is 2.40. The van der Waals surface area contributed by atoms with Crippen LogP contribution in [-0.2, 0) is 13.3 Å². The summed E-state index contributed by atoms with van der Waals surface area (Å²) in [5, 5.41) is 0. The SMILES string of the molecule is CCCCO[Si](CCCCS)(OCCCC)OCCCC. The molecule has 0 saturated heterocycles. The van der Waals surface area contributed by atoms with Crippen LogP contribution in [0.2, 0.25) is 6.04 Å². The van der Waals surface area contributed by atoms with Gasteiger partial charge < -0.3 is 13.3 Å². The van der Waals surface area contributed by atoms with E-state index >= 15 is 0 Å². The lowest BCUT2D eigenvalue weighted by Crippen LogP contribution is -2.46. The van der Waals surface area contributed by atoms with E-state index in [-0.39, 0.29) is 0 Å². The minimum atomic E-state index is -2.48. The second kappa shape index (κ2) is 15.3. The van der Waals surface area contributed by atoms with Gasteiger partial charge in [-0.1, -0.05) is 40.0 Å². The topological polar surface area (TPSA) is 27.7 Å². The van der Waals surface area contributed by atoms with Crippen LogP contribution in [0.4, 0.5) is 0 Å². The minimum Gasteiger partial charge on any atom is -0.373 e. The molecule has 0 aromatic rings. The van der Waals surface area contributed by atoms with Gasteiger partial charge in [0, 0.05) is 25.9 Å². The van der Waals surface area contributed by atoms with Crippen LogP contribution in [0.5, 0.6) is 0 Å². The van der Waals surface area contributed by atoms with Gasteiger partial charge in [0.2, 0.25) is 0 Å². The molecule has 128 valence electrons. The van der Waals surface area contributed by atoms with Crippen LogP contribution < -0.4 is 0 Å². The second-order valence-electron chi connectivity index (χ2n) is 5.47. The van der Waals surface area contributed by atoms with E-state index in [2.05, 4.69) is 33.4 Å². The minimum absolute atomic E-state index is 0.766. The third-order valence-corrected chi connectivity index (χ3v) is 6.56. The van der Waals surface area contributed by atoms with Crippen LogP contribution >= 0.6 is 12.6 Å². The molecule has 0 aliphatic rings. The molecular weight excluding hydrogens is 300 g/mol. The van der Waals surface area contributed by atoms with Crippen molar-refractivity contribution in [2.24, 2.45) is 0 Å². The third-order valence-electron chi connectivity index (χ3n) is 3.35. The first-order chi connectivity index (χ1) is 10.2.